The average molecular weight is 257 g/mol. The largest absolute Gasteiger partial charge is 1.00 e. The molecule has 1 heterocycles. The van der Waals surface area contributed by atoms with Crippen molar-refractivity contribution in [2.24, 2.45) is 0 Å². The lowest BCUT2D eigenvalue weighted by Crippen LogP contribution is -3.00. The molecule has 0 bridgehead atoms. The minimum absolute atomic E-state index is 0. The summed E-state index contributed by atoms with van der Waals surface area (Å²) in [6.07, 6.45) is 0. The highest BCUT2D eigenvalue weighted by Crippen LogP contribution is 2.26. The van der Waals surface area contributed by atoms with Crippen molar-refractivity contribution in [1.29, 1.82) is 0 Å². The van der Waals surface area contributed by atoms with Gasteiger partial charge in [-0.3, -0.25) is 0 Å². The van der Waals surface area contributed by atoms with E-state index in [1.54, 1.807) is 0 Å². The Morgan fingerprint density at radius 1 is 1.25 bits per heavy atom. The number of aromatic nitrogens is 1. The number of nitrogen functional groups attached to an aromatic ring is 1. The molecular weight excluding hydrogens is 245 g/mol. The maximum atomic E-state index is 5.94. The van der Waals surface area contributed by atoms with Crippen molar-refractivity contribution in [3.8, 4) is 0 Å². The first-order valence-electron chi connectivity index (χ1n) is 4.61. The second-order valence-electron chi connectivity index (χ2n) is 3.63. The molecule has 0 aliphatic carbocycles. The van der Waals surface area contributed by atoms with E-state index in [1.165, 1.54) is 0 Å². The van der Waals surface area contributed by atoms with E-state index in [4.69, 9.17) is 17.3 Å². The van der Waals surface area contributed by atoms with Gasteiger partial charge in [-0.2, -0.15) is 0 Å². The minimum Gasteiger partial charge on any atom is -1.00 e. The maximum Gasteiger partial charge on any atom is 0.130 e. The summed E-state index contributed by atoms with van der Waals surface area (Å²) in [5, 5.41) is 1.57. The van der Waals surface area contributed by atoms with Crippen molar-refractivity contribution in [1.82, 2.24) is 4.98 Å². The third-order valence-electron chi connectivity index (χ3n) is 2.25. The molecule has 0 spiro atoms. The molecule has 0 fully saturated rings. The van der Waals surface area contributed by atoms with Crippen molar-refractivity contribution in [3.63, 3.8) is 0 Å². The smallest absolute Gasteiger partial charge is 0.130 e. The van der Waals surface area contributed by atoms with Crippen LogP contribution in [0.4, 0.5) is 11.5 Å². The molecule has 5 heteroatoms. The van der Waals surface area contributed by atoms with Crippen molar-refractivity contribution in [3.05, 3.63) is 29.3 Å². The van der Waals surface area contributed by atoms with Gasteiger partial charge in [-0.1, -0.05) is 11.6 Å². The average Bonchev–Trinajstić information content (AvgIpc) is 2.18. The van der Waals surface area contributed by atoms with Crippen molar-refractivity contribution in [2.75, 3.05) is 24.7 Å². The fraction of sp³-hybridized carbons (Fsp3) is 0.182. The Labute approximate surface area is 106 Å². The van der Waals surface area contributed by atoms with Gasteiger partial charge in [0.2, 0.25) is 0 Å². The highest BCUT2D eigenvalue weighted by molar-refractivity contribution is 6.31. The van der Waals surface area contributed by atoms with E-state index < -0.39 is 0 Å². The monoisotopic (exact) mass is 256 g/mol. The Bertz CT molecular complexity index is 512. The molecule has 2 N–H and O–H groups in total. The highest BCUT2D eigenvalue weighted by Gasteiger charge is 2.04. The minimum atomic E-state index is 0. The molecule has 0 aliphatic heterocycles. The number of benzene rings is 1. The van der Waals surface area contributed by atoms with Crippen LogP contribution in [-0.4, -0.2) is 19.1 Å². The molecule has 0 aliphatic rings. The number of halogens is 2. The number of nitrogens with two attached hydrogens (primary N) is 1. The van der Waals surface area contributed by atoms with Crippen LogP contribution in [0.3, 0.4) is 0 Å². The van der Waals surface area contributed by atoms with Crippen molar-refractivity contribution < 1.29 is 12.4 Å². The van der Waals surface area contributed by atoms with Gasteiger partial charge in [0.1, 0.15) is 5.82 Å². The Kier molecular flexibility index (Phi) is 3.83. The first-order chi connectivity index (χ1) is 7.08. The summed E-state index contributed by atoms with van der Waals surface area (Å²) in [6.45, 7) is 0. The second kappa shape index (κ2) is 4.76. The third-order valence-corrected chi connectivity index (χ3v) is 2.48. The molecule has 0 saturated carbocycles. The summed E-state index contributed by atoms with van der Waals surface area (Å²) in [7, 11) is 3.87. The number of fused-ring (bicyclic) bond motifs is 1. The van der Waals surface area contributed by atoms with Gasteiger partial charge >= 0.3 is 0 Å². The normalized spacial score (nSPS) is 9.94. The van der Waals surface area contributed by atoms with Crippen molar-refractivity contribution in [2.45, 2.75) is 0 Å². The topological polar surface area (TPSA) is 42.1 Å². The van der Waals surface area contributed by atoms with Crippen LogP contribution in [0.25, 0.3) is 10.9 Å². The third kappa shape index (κ3) is 2.31. The van der Waals surface area contributed by atoms with Gasteiger partial charge in [0.05, 0.1) is 5.52 Å². The summed E-state index contributed by atoms with van der Waals surface area (Å²) in [5.41, 5.74) is 7.50. The molecule has 86 valence electrons. The first-order valence-corrected chi connectivity index (χ1v) is 4.99. The predicted octanol–water partition coefficient (Wildman–Crippen LogP) is -0.460. The van der Waals surface area contributed by atoms with Crippen LogP contribution in [0.2, 0.25) is 5.02 Å². The van der Waals surface area contributed by atoms with Crippen LogP contribution in [-0.2, 0) is 0 Å². The summed E-state index contributed by atoms with van der Waals surface area (Å²) in [6, 6.07) is 7.37. The first kappa shape index (κ1) is 12.9. The number of hydrogen-bond acceptors (Lipinski definition) is 3. The van der Waals surface area contributed by atoms with E-state index in [0.717, 1.165) is 16.7 Å². The predicted molar refractivity (Wildman–Crippen MR) is 65.5 cm³/mol. The number of nitrogens with zero attached hydrogens (tertiary/aromatic N) is 2. The van der Waals surface area contributed by atoms with Gasteiger partial charge in [0.15, 0.2) is 0 Å². The molecule has 1 aromatic carbocycles. The van der Waals surface area contributed by atoms with Gasteiger partial charge in [0, 0.05) is 36.3 Å². The summed E-state index contributed by atoms with van der Waals surface area (Å²) >= 11 is 5.90. The Hall–Kier alpha value is -1.19. The van der Waals surface area contributed by atoms with Crippen LogP contribution in [0.5, 0.6) is 0 Å². The number of hydrogen-bond donors (Lipinski definition) is 1. The maximum absolute atomic E-state index is 5.94. The molecule has 0 saturated heterocycles. The zero-order valence-corrected chi connectivity index (χ0v) is 10.5. The molecule has 1 aromatic heterocycles. The van der Waals surface area contributed by atoms with Crippen LogP contribution in [0, 0.1) is 0 Å². The van der Waals surface area contributed by atoms with Crippen LogP contribution in [0.15, 0.2) is 24.3 Å². The molecule has 0 atom stereocenters. The highest BCUT2D eigenvalue weighted by atomic mass is 35.5. The van der Waals surface area contributed by atoms with Gasteiger partial charge in [-0.05, 0) is 18.2 Å². The molecule has 0 radical (unpaired) electrons. The molecule has 2 rings (SSSR count). The summed E-state index contributed by atoms with van der Waals surface area (Å²) in [4.78, 5) is 6.38. The van der Waals surface area contributed by atoms with E-state index in [9.17, 15) is 0 Å². The molecule has 16 heavy (non-hydrogen) atoms. The van der Waals surface area contributed by atoms with E-state index in [0.29, 0.717) is 10.7 Å². The van der Waals surface area contributed by atoms with Gasteiger partial charge in [0.25, 0.3) is 0 Å². The van der Waals surface area contributed by atoms with Crippen LogP contribution < -0.4 is 23.0 Å². The Morgan fingerprint density at radius 3 is 2.56 bits per heavy atom. The quantitative estimate of drug-likeness (QED) is 0.751. The lowest BCUT2D eigenvalue weighted by atomic mass is 10.2. The Balaban J connectivity index is 0.00000128. The van der Waals surface area contributed by atoms with E-state index in [1.807, 2.05) is 43.3 Å². The molecule has 0 amide bonds. The Morgan fingerprint density at radius 2 is 1.94 bits per heavy atom. The lowest BCUT2D eigenvalue weighted by Gasteiger charge is -2.13. The van der Waals surface area contributed by atoms with E-state index >= 15 is 0 Å². The standard InChI is InChI=1S/C11H12ClN3.ClH/c1-15(2)11-6-9(13)8-5-7(12)3-4-10(8)14-11;/h3-6H,1-2H3,(H2,13,14);1H/p-1. The molecule has 3 nitrogen and oxygen atoms in total. The van der Waals surface area contributed by atoms with E-state index in [2.05, 4.69) is 4.98 Å². The van der Waals surface area contributed by atoms with Crippen LogP contribution in [0.1, 0.15) is 0 Å². The van der Waals surface area contributed by atoms with Crippen molar-refractivity contribution >= 4 is 34.0 Å². The second-order valence-corrected chi connectivity index (χ2v) is 4.06. The van der Waals surface area contributed by atoms with Gasteiger partial charge in [-0.15, -0.1) is 0 Å². The molecular formula is C11H12Cl2N3-. The summed E-state index contributed by atoms with van der Waals surface area (Å²) in [5.74, 6) is 0.849. The number of pyridine rings is 1. The zero-order chi connectivity index (χ0) is 11.0. The SMILES string of the molecule is CN(C)c1cc(N)c2cc(Cl)ccc2n1.[Cl-]. The van der Waals surface area contributed by atoms with E-state index in [-0.39, 0.29) is 12.4 Å². The van der Waals surface area contributed by atoms with Gasteiger partial charge < -0.3 is 23.0 Å². The fourth-order valence-electron chi connectivity index (χ4n) is 1.44. The number of anilines is 2. The fourth-order valence-corrected chi connectivity index (χ4v) is 1.61. The molecule has 0 unspecified atom stereocenters. The molecule has 2 aromatic rings. The van der Waals surface area contributed by atoms with Gasteiger partial charge in [-0.25, -0.2) is 4.98 Å². The van der Waals surface area contributed by atoms with Crippen LogP contribution >= 0.6 is 11.6 Å². The lowest BCUT2D eigenvalue weighted by molar-refractivity contribution is -0.00000308. The summed E-state index contributed by atoms with van der Waals surface area (Å²) < 4.78 is 0. The number of rotatable bonds is 1. The zero-order valence-electron chi connectivity index (χ0n) is 9.04.